The number of furan rings is 2. The van der Waals surface area contributed by atoms with Gasteiger partial charge in [0.15, 0.2) is 23.2 Å². The summed E-state index contributed by atoms with van der Waals surface area (Å²) in [4.78, 5) is 29.5. The van der Waals surface area contributed by atoms with Crippen molar-refractivity contribution >= 4 is 63.8 Å². The fourth-order valence-electron chi connectivity index (χ4n) is 3.10. The van der Waals surface area contributed by atoms with E-state index in [0.29, 0.717) is 37.5 Å². The zero-order valence-electron chi connectivity index (χ0n) is 21.1. The number of ketones is 2. The highest BCUT2D eigenvalue weighted by atomic mass is 35.5. The molecule has 3 N–H and O–H groups in total. The van der Waals surface area contributed by atoms with E-state index in [9.17, 15) is 9.59 Å². The number of carbonyl (C=O) groups is 2. The molecule has 5 heterocycles. The topological polar surface area (TPSA) is 142 Å². The third-order valence-corrected chi connectivity index (χ3v) is 5.72. The van der Waals surface area contributed by atoms with E-state index < -0.39 is 0 Å². The van der Waals surface area contributed by atoms with E-state index >= 15 is 0 Å². The van der Waals surface area contributed by atoms with Crippen LogP contribution in [-0.4, -0.2) is 31.3 Å². The summed E-state index contributed by atoms with van der Waals surface area (Å²) in [7, 11) is 0. The molecule has 0 radical (unpaired) electrons. The summed E-state index contributed by atoms with van der Waals surface area (Å²) in [6, 6.07) is 11.9. The molecule has 40 heavy (non-hydrogen) atoms. The second kappa shape index (κ2) is 14.6. The molecule has 0 aliphatic heterocycles. The number of hydrazine groups is 1. The van der Waals surface area contributed by atoms with Crippen LogP contribution in [0.15, 0.2) is 76.2 Å². The van der Waals surface area contributed by atoms with Gasteiger partial charge >= 0.3 is 0 Å². The van der Waals surface area contributed by atoms with E-state index in [1.165, 1.54) is 25.6 Å². The average Bonchev–Trinajstić information content (AvgIpc) is 3.67. The minimum absolute atomic E-state index is 0.0759. The summed E-state index contributed by atoms with van der Waals surface area (Å²) in [5.74, 6) is 6.55. The number of halogens is 4. The van der Waals surface area contributed by atoms with Gasteiger partial charge in [-0.15, -0.1) is 0 Å². The quantitative estimate of drug-likeness (QED) is 0.0864. The Morgan fingerprint density at radius 2 is 1.60 bits per heavy atom. The van der Waals surface area contributed by atoms with Crippen LogP contribution in [0.1, 0.15) is 29.6 Å². The number of nitrogens with one attached hydrogen (secondary N) is 1. The number of hydrogen-bond donors (Lipinski definition) is 2. The molecule has 5 rings (SSSR count). The largest absolute Gasteiger partial charge is 0.463 e. The van der Waals surface area contributed by atoms with Gasteiger partial charge in [-0.3, -0.25) is 9.59 Å². The van der Waals surface area contributed by atoms with Crippen LogP contribution in [0.25, 0.3) is 17.3 Å². The van der Waals surface area contributed by atoms with Crippen LogP contribution in [0.3, 0.4) is 0 Å². The smallest absolute Gasteiger partial charge is 0.205 e. The first kappa shape index (κ1) is 30.9. The predicted octanol–water partition coefficient (Wildman–Crippen LogP) is 7.26. The highest BCUT2D eigenvalue weighted by Crippen LogP contribution is 2.28. The number of aryl methyl sites for hydroxylation is 1. The van der Waals surface area contributed by atoms with Gasteiger partial charge in [-0.25, -0.2) is 20.5 Å². The van der Waals surface area contributed by atoms with Gasteiger partial charge in [-0.05, 0) is 56.3 Å². The molecule has 5 aromatic rings. The van der Waals surface area contributed by atoms with Crippen molar-refractivity contribution in [3.63, 3.8) is 0 Å². The van der Waals surface area contributed by atoms with Crippen LogP contribution in [-0.2, 0) is 4.79 Å². The lowest BCUT2D eigenvalue weighted by atomic mass is 10.2. The van der Waals surface area contributed by atoms with E-state index in [0.717, 1.165) is 11.4 Å². The number of Topliss-reactive ketones (excluding diaryl/α,β-unsaturated/α-hetero) is 2. The minimum atomic E-state index is -0.262. The summed E-state index contributed by atoms with van der Waals surface area (Å²) in [6.45, 7) is 3.27. The van der Waals surface area contributed by atoms with Gasteiger partial charge in [0.2, 0.25) is 5.78 Å². The van der Waals surface area contributed by atoms with Gasteiger partial charge in [-0.2, -0.15) is 5.10 Å². The Morgan fingerprint density at radius 1 is 0.950 bits per heavy atom. The maximum absolute atomic E-state index is 11.0. The number of aromatic nitrogens is 4. The number of anilines is 1. The molecule has 0 bridgehead atoms. The molecule has 0 unspecified atom stereocenters. The molecule has 0 saturated carbocycles. The molecule has 0 aromatic carbocycles. The average molecular weight is 624 g/mol. The van der Waals surface area contributed by atoms with Crippen LogP contribution >= 0.6 is 46.4 Å². The van der Waals surface area contributed by atoms with E-state index in [2.05, 4.69) is 20.5 Å². The molecular weight excluding hydrogens is 602 g/mol. The first-order valence-corrected chi connectivity index (χ1v) is 12.9. The SMILES string of the molecule is CC(=O)CC(=O)c1ccco1.Cc1cc(-c2ccco2)n(-c2ncc(Cl)cc2Cl)n1.NNc1ncc(Cl)cc1Cl. The van der Waals surface area contributed by atoms with Crippen LogP contribution in [0.5, 0.6) is 0 Å². The van der Waals surface area contributed by atoms with E-state index in [-0.39, 0.29) is 23.7 Å². The van der Waals surface area contributed by atoms with Gasteiger partial charge in [0.1, 0.15) is 11.5 Å². The molecule has 10 nitrogen and oxygen atoms in total. The lowest BCUT2D eigenvalue weighted by Crippen LogP contribution is -2.08. The fraction of sp³-hybridized carbons (Fsp3) is 0.115. The summed E-state index contributed by atoms with van der Waals surface area (Å²) in [6.07, 6.45) is 5.94. The molecule has 0 spiro atoms. The lowest BCUT2D eigenvalue weighted by Gasteiger charge is -2.06. The van der Waals surface area contributed by atoms with Crippen LogP contribution in [0.2, 0.25) is 20.1 Å². The monoisotopic (exact) mass is 622 g/mol. The van der Waals surface area contributed by atoms with Crippen molar-refractivity contribution in [3.05, 3.63) is 98.9 Å². The normalized spacial score (nSPS) is 10.2. The minimum Gasteiger partial charge on any atom is -0.463 e. The first-order valence-electron chi connectivity index (χ1n) is 11.3. The zero-order chi connectivity index (χ0) is 29.2. The van der Waals surface area contributed by atoms with Crippen molar-refractivity contribution in [2.45, 2.75) is 20.3 Å². The van der Waals surface area contributed by atoms with Gasteiger partial charge in [-0.1, -0.05) is 46.4 Å². The molecule has 0 fully saturated rings. The number of nitrogens with two attached hydrogens (primary N) is 1. The van der Waals surface area contributed by atoms with Gasteiger partial charge in [0.25, 0.3) is 0 Å². The van der Waals surface area contributed by atoms with Gasteiger partial charge in [0.05, 0.1) is 44.7 Å². The summed E-state index contributed by atoms with van der Waals surface area (Å²) in [5, 5.41) is 6.21. The Labute approximate surface area is 249 Å². The Morgan fingerprint density at radius 3 is 2.15 bits per heavy atom. The number of nitrogens with zero attached hydrogens (tertiary/aromatic N) is 4. The zero-order valence-corrected chi connectivity index (χ0v) is 24.1. The van der Waals surface area contributed by atoms with Crippen molar-refractivity contribution in [2.24, 2.45) is 5.84 Å². The molecule has 5 aromatic heterocycles. The van der Waals surface area contributed by atoms with Crippen molar-refractivity contribution in [3.8, 4) is 17.3 Å². The molecule has 0 amide bonds. The Bertz CT molecular complexity index is 1570. The third kappa shape index (κ3) is 8.67. The second-order valence-corrected chi connectivity index (χ2v) is 9.61. The number of pyridine rings is 2. The highest BCUT2D eigenvalue weighted by Gasteiger charge is 2.15. The number of carbonyl (C=O) groups excluding carboxylic acids is 2. The van der Waals surface area contributed by atoms with Crippen molar-refractivity contribution in [2.75, 3.05) is 5.43 Å². The molecule has 0 atom stereocenters. The van der Waals surface area contributed by atoms with Crippen LogP contribution in [0, 0.1) is 6.92 Å². The maximum Gasteiger partial charge on any atom is 0.205 e. The molecule has 0 saturated heterocycles. The van der Waals surface area contributed by atoms with E-state index in [1.54, 1.807) is 35.2 Å². The van der Waals surface area contributed by atoms with Crippen molar-refractivity contribution in [1.82, 2.24) is 19.7 Å². The third-order valence-electron chi connectivity index (χ3n) is 4.74. The van der Waals surface area contributed by atoms with Gasteiger partial charge in [0, 0.05) is 12.4 Å². The van der Waals surface area contributed by atoms with Crippen molar-refractivity contribution in [1.29, 1.82) is 0 Å². The standard InChI is InChI=1S/C13H9Cl2N3O.C8H8O3.C5H5Cl2N3/c1-8-5-11(12-3-2-4-19-12)18(17-8)13-10(15)6-9(14)7-16-13;1-6(9)5-7(10)8-3-2-4-11-8;6-3-1-4(7)5(10-8)9-2-3/h2-7H,1H3;2-4H,5H2,1H3;1-2H,8H2,(H,9,10). The number of hydrogen-bond acceptors (Lipinski definition) is 9. The summed E-state index contributed by atoms with van der Waals surface area (Å²) in [5.41, 5.74) is 3.96. The van der Waals surface area contributed by atoms with Crippen LogP contribution < -0.4 is 11.3 Å². The Hall–Kier alpha value is -3.67. The maximum atomic E-state index is 11.0. The van der Waals surface area contributed by atoms with E-state index in [4.69, 9.17) is 61.1 Å². The predicted molar refractivity (Wildman–Crippen MR) is 154 cm³/mol. The fourth-order valence-corrected chi connectivity index (χ4v) is 3.99. The second-order valence-electron chi connectivity index (χ2n) is 7.93. The molecular formula is C26H22Cl4N6O4. The van der Waals surface area contributed by atoms with E-state index in [1.807, 2.05) is 25.1 Å². The highest BCUT2D eigenvalue weighted by molar-refractivity contribution is 6.36. The Kier molecular flexibility index (Phi) is 11.3. The first-order chi connectivity index (χ1) is 19.1. The summed E-state index contributed by atoms with van der Waals surface area (Å²) < 4.78 is 11.8. The number of rotatable bonds is 6. The number of nitrogen functional groups attached to an aromatic ring is 1. The molecule has 0 aliphatic carbocycles. The summed E-state index contributed by atoms with van der Waals surface area (Å²) >= 11 is 23.2. The van der Waals surface area contributed by atoms with Gasteiger partial charge < -0.3 is 14.3 Å². The lowest BCUT2D eigenvalue weighted by molar-refractivity contribution is -0.116. The molecule has 208 valence electrons. The van der Waals surface area contributed by atoms with Crippen molar-refractivity contribution < 1.29 is 18.4 Å². The molecule has 14 heteroatoms. The van der Waals surface area contributed by atoms with Crippen LogP contribution in [0.4, 0.5) is 5.82 Å². The Balaban J connectivity index is 0.000000180. The molecule has 0 aliphatic rings.